The summed E-state index contributed by atoms with van der Waals surface area (Å²) >= 11 is 0. The van der Waals surface area contributed by atoms with Crippen LogP contribution in [0.5, 0.6) is 0 Å². The van der Waals surface area contributed by atoms with E-state index in [0.29, 0.717) is 5.76 Å². The van der Waals surface area contributed by atoms with Crippen molar-refractivity contribution in [2.45, 2.75) is 19.9 Å². The number of hydrogen-bond acceptors (Lipinski definition) is 4. The summed E-state index contributed by atoms with van der Waals surface area (Å²) in [5.41, 5.74) is 0.985. The van der Waals surface area contributed by atoms with Crippen LogP contribution in [-0.4, -0.2) is 15.9 Å². The molecule has 2 heterocycles. The van der Waals surface area contributed by atoms with Crippen molar-refractivity contribution >= 4 is 17.0 Å². The van der Waals surface area contributed by atoms with Crippen LogP contribution in [0.15, 0.2) is 45.9 Å². The Labute approximate surface area is 126 Å². The molecule has 1 aromatic carbocycles. The molecule has 112 valence electrons. The largest absolute Gasteiger partial charge is 0.442 e. The van der Waals surface area contributed by atoms with Crippen LogP contribution in [0.3, 0.4) is 0 Å². The number of H-pyrrole nitrogens is 1. The van der Waals surface area contributed by atoms with Gasteiger partial charge >= 0.3 is 0 Å². The molecule has 22 heavy (non-hydrogen) atoms. The lowest BCUT2D eigenvalue weighted by atomic mass is 10.1. The quantitative estimate of drug-likeness (QED) is 0.776. The highest BCUT2D eigenvalue weighted by atomic mass is 16.3. The third-order valence-corrected chi connectivity index (χ3v) is 3.54. The zero-order valence-corrected chi connectivity index (χ0v) is 12.2. The van der Waals surface area contributed by atoms with Gasteiger partial charge in [0.1, 0.15) is 11.1 Å². The van der Waals surface area contributed by atoms with Gasteiger partial charge in [0.15, 0.2) is 0 Å². The summed E-state index contributed by atoms with van der Waals surface area (Å²) in [6.45, 7) is 3.52. The molecule has 0 radical (unpaired) electrons. The Hall–Kier alpha value is -2.89. The van der Waals surface area contributed by atoms with E-state index >= 15 is 0 Å². The summed E-state index contributed by atoms with van der Waals surface area (Å²) in [7, 11) is 0. The van der Waals surface area contributed by atoms with E-state index in [9.17, 15) is 9.59 Å². The number of nitrogens with zero attached hydrogens (tertiary/aromatic N) is 1. The average Bonchev–Trinajstić information content (AvgIpc) is 2.85. The molecule has 0 saturated carbocycles. The monoisotopic (exact) mass is 297 g/mol. The van der Waals surface area contributed by atoms with E-state index < -0.39 is 0 Å². The van der Waals surface area contributed by atoms with Crippen LogP contribution in [0.1, 0.15) is 34.6 Å². The van der Waals surface area contributed by atoms with E-state index in [2.05, 4.69) is 15.3 Å². The molecule has 2 aromatic heterocycles. The Morgan fingerprint density at radius 2 is 2.05 bits per heavy atom. The summed E-state index contributed by atoms with van der Waals surface area (Å²) in [5.74, 6) is 0.0167. The zero-order chi connectivity index (χ0) is 15.7. The number of furan rings is 1. The minimum Gasteiger partial charge on any atom is -0.442 e. The number of fused-ring (bicyclic) bond motifs is 1. The SMILES string of the molecule is Cc1oc2nc[nH]c(=O)c2c1C(=O)N[C@H](C)c1ccccc1. The minimum atomic E-state index is -0.389. The van der Waals surface area contributed by atoms with Gasteiger partial charge in [-0.05, 0) is 19.4 Å². The van der Waals surface area contributed by atoms with Gasteiger partial charge in [-0.1, -0.05) is 30.3 Å². The number of carbonyl (C=O) groups excluding carboxylic acids is 1. The van der Waals surface area contributed by atoms with Crippen molar-refractivity contribution in [2.75, 3.05) is 0 Å². The van der Waals surface area contributed by atoms with Crippen LogP contribution in [-0.2, 0) is 0 Å². The van der Waals surface area contributed by atoms with Crippen molar-refractivity contribution in [3.8, 4) is 0 Å². The Morgan fingerprint density at radius 3 is 2.77 bits per heavy atom. The molecule has 6 nitrogen and oxygen atoms in total. The van der Waals surface area contributed by atoms with Gasteiger partial charge in [-0.3, -0.25) is 9.59 Å². The van der Waals surface area contributed by atoms with Crippen molar-refractivity contribution in [3.05, 3.63) is 63.9 Å². The van der Waals surface area contributed by atoms with Gasteiger partial charge in [0.2, 0.25) is 5.71 Å². The lowest BCUT2D eigenvalue weighted by molar-refractivity contribution is 0.0939. The maximum atomic E-state index is 12.5. The highest BCUT2D eigenvalue weighted by Crippen LogP contribution is 2.21. The number of hydrogen-bond donors (Lipinski definition) is 2. The van der Waals surface area contributed by atoms with Gasteiger partial charge < -0.3 is 14.7 Å². The van der Waals surface area contributed by atoms with Gasteiger partial charge in [-0.25, -0.2) is 4.98 Å². The molecule has 0 unspecified atom stereocenters. The minimum absolute atomic E-state index is 0.166. The Morgan fingerprint density at radius 1 is 1.32 bits per heavy atom. The van der Waals surface area contributed by atoms with Crippen LogP contribution in [0.25, 0.3) is 11.1 Å². The van der Waals surface area contributed by atoms with Crippen molar-refractivity contribution < 1.29 is 9.21 Å². The van der Waals surface area contributed by atoms with Crippen LogP contribution >= 0.6 is 0 Å². The van der Waals surface area contributed by atoms with Crippen LogP contribution < -0.4 is 10.9 Å². The highest BCUT2D eigenvalue weighted by Gasteiger charge is 2.22. The van der Waals surface area contributed by atoms with E-state index in [0.717, 1.165) is 5.56 Å². The first-order valence-corrected chi connectivity index (χ1v) is 6.90. The molecule has 0 aliphatic rings. The number of aromatic amines is 1. The molecule has 2 N–H and O–H groups in total. The second kappa shape index (κ2) is 5.48. The fraction of sp³-hybridized carbons (Fsp3) is 0.188. The topological polar surface area (TPSA) is 88.0 Å². The van der Waals surface area contributed by atoms with E-state index in [1.54, 1.807) is 6.92 Å². The molecule has 0 aliphatic heterocycles. The van der Waals surface area contributed by atoms with Crippen LogP contribution in [0.4, 0.5) is 0 Å². The van der Waals surface area contributed by atoms with Gasteiger partial charge in [0.05, 0.1) is 17.9 Å². The lowest BCUT2D eigenvalue weighted by Crippen LogP contribution is -2.27. The molecule has 0 saturated heterocycles. The molecule has 0 aliphatic carbocycles. The number of carbonyl (C=O) groups is 1. The Bertz CT molecular complexity index is 881. The second-order valence-corrected chi connectivity index (χ2v) is 5.05. The smallest absolute Gasteiger partial charge is 0.262 e. The Kier molecular flexibility index (Phi) is 3.50. The van der Waals surface area contributed by atoms with Crippen molar-refractivity contribution in [2.24, 2.45) is 0 Å². The predicted octanol–water partition coefficient (Wildman–Crippen LogP) is 2.32. The molecule has 1 amide bonds. The third-order valence-electron chi connectivity index (χ3n) is 3.54. The number of benzene rings is 1. The van der Waals surface area contributed by atoms with Crippen molar-refractivity contribution in [1.29, 1.82) is 0 Å². The molecular weight excluding hydrogens is 282 g/mol. The van der Waals surface area contributed by atoms with E-state index in [1.165, 1.54) is 6.33 Å². The van der Waals surface area contributed by atoms with Gasteiger partial charge in [-0.2, -0.15) is 0 Å². The molecule has 0 spiro atoms. The van der Waals surface area contributed by atoms with Crippen LogP contribution in [0.2, 0.25) is 0 Å². The number of nitrogens with one attached hydrogen (secondary N) is 2. The Balaban J connectivity index is 1.96. The molecule has 1 atom stereocenters. The number of amides is 1. The maximum absolute atomic E-state index is 12.5. The number of rotatable bonds is 3. The summed E-state index contributed by atoms with van der Waals surface area (Å²) in [5, 5.41) is 3.06. The fourth-order valence-corrected chi connectivity index (χ4v) is 2.42. The number of aromatic nitrogens is 2. The molecule has 3 rings (SSSR count). The van der Waals surface area contributed by atoms with Crippen molar-refractivity contribution in [3.63, 3.8) is 0 Å². The normalized spacial score (nSPS) is 12.3. The predicted molar refractivity (Wildman–Crippen MR) is 81.7 cm³/mol. The first-order chi connectivity index (χ1) is 10.6. The summed E-state index contributed by atoms with van der Waals surface area (Å²) in [6, 6.07) is 9.40. The summed E-state index contributed by atoms with van der Waals surface area (Å²) in [6.07, 6.45) is 1.25. The fourth-order valence-electron chi connectivity index (χ4n) is 2.42. The lowest BCUT2D eigenvalue weighted by Gasteiger charge is -2.13. The highest BCUT2D eigenvalue weighted by molar-refractivity contribution is 6.06. The van der Waals surface area contributed by atoms with Gasteiger partial charge in [-0.15, -0.1) is 0 Å². The van der Waals surface area contributed by atoms with Crippen LogP contribution in [0, 0.1) is 6.92 Å². The average molecular weight is 297 g/mol. The van der Waals surface area contributed by atoms with Crippen molar-refractivity contribution in [1.82, 2.24) is 15.3 Å². The molecule has 6 heteroatoms. The standard InChI is InChI=1S/C16H15N3O3/c1-9(11-6-4-3-5-7-11)19-15(21)12-10(2)22-16-13(12)14(20)17-8-18-16/h3-9H,1-2H3,(H,19,21)(H,17,18,20)/t9-/m1/s1. The molecule has 0 bridgehead atoms. The summed E-state index contributed by atoms with van der Waals surface area (Å²) in [4.78, 5) is 30.9. The molecule has 3 aromatic rings. The first kappa shape index (κ1) is 14.1. The third kappa shape index (κ3) is 2.39. The number of aryl methyl sites for hydroxylation is 1. The van der Waals surface area contributed by atoms with Gasteiger partial charge in [0.25, 0.3) is 11.5 Å². The second-order valence-electron chi connectivity index (χ2n) is 5.05. The summed E-state index contributed by atoms with van der Waals surface area (Å²) < 4.78 is 5.40. The zero-order valence-electron chi connectivity index (χ0n) is 12.2. The van der Waals surface area contributed by atoms with E-state index in [4.69, 9.17) is 4.42 Å². The van der Waals surface area contributed by atoms with E-state index in [1.807, 2.05) is 37.3 Å². The first-order valence-electron chi connectivity index (χ1n) is 6.90. The maximum Gasteiger partial charge on any atom is 0.262 e. The molecular formula is C16H15N3O3. The molecule has 0 fully saturated rings. The van der Waals surface area contributed by atoms with Gasteiger partial charge in [0, 0.05) is 0 Å². The van der Waals surface area contributed by atoms with E-state index in [-0.39, 0.29) is 34.2 Å².